The SMILES string of the molecule is CCCc1cc(C(=O)O)cc(N2CCCC(COC)C2)n1. The van der Waals surface area contributed by atoms with Crippen molar-refractivity contribution in [1.29, 1.82) is 0 Å². The van der Waals surface area contributed by atoms with E-state index in [0.717, 1.165) is 56.9 Å². The van der Waals surface area contributed by atoms with Gasteiger partial charge in [0.1, 0.15) is 5.82 Å². The number of piperidine rings is 1. The third kappa shape index (κ3) is 4.17. The van der Waals surface area contributed by atoms with E-state index in [2.05, 4.69) is 16.8 Å². The number of methoxy groups -OCH3 is 1. The monoisotopic (exact) mass is 292 g/mol. The van der Waals surface area contributed by atoms with Gasteiger partial charge in [-0.05, 0) is 37.3 Å². The molecule has 0 saturated carbocycles. The van der Waals surface area contributed by atoms with Gasteiger partial charge in [0.05, 0.1) is 12.2 Å². The number of rotatable bonds is 6. The van der Waals surface area contributed by atoms with Gasteiger partial charge in [0.25, 0.3) is 0 Å². The summed E-state index contributed by atoms with van der Waals surface area (Å²) in [4.78, 5) is 18.1. The smallest absolute Gasteiger partial charge is 0.335 e. The van der Waals surface area contributed by atoms with Crippen LogP contribution in [0.2, 0.25) is 0 Å². The molecule has 0 amide bonds. The molecule has 0 radical (unpaired) electrons. The number of pyridine rings is 1. The molecule has 1 aromatic rings. The molecule has 0 aromatic carbocycles. The molecule has 0 spiro atoms. The minimum absolute atomic E-state index is 0.331. The third-order valence-corrected chi connectivity index (χ3v) is 3.86. The molecule has 1 atom stereocenters. The molecule has 0 aliphatic carbocycles. The summed E-state index contributed by atoms with van der Waals surface area (Å²) in [6.45, 7) is 4.64. The van der Waals surface area contributed by atoms with Crippen LogP contribution >= 0.6 is 0 Å². The highest BCUT2D eigenvalue weighted by atomic mass is 16.5. The van der Waals surface area contributed by atoms with E-state index < -0.39 is 5.97 Å². The number of ether oxygens (including phenoxy) is 1. The van der Waals surface area contributed by atoms with Gasteiger partial charge in [0.2, 0.25) is 0 Å². The maximum atomic E-state index is 11.3. The Morgan fingerprint density at radius 3 is 3.00 bits per heavy atom. The highest BCUT2D eigenvalue weighted by molar-refractivity contribution is 5.88. The Bertz CT molecular complexity index is 488. The van der Waals surface area contributed by atoms with E-state index in [-0.39, 0.29) is 0 Å². The molecule has 116 valence electrons. The largest absolute Gasteiger partial charge is 0.478 e. The number of carboxylic acids is 1. The Kier molecular flexibility index (Phi) is 5.56. The topological polar surface area (TPSA) is 62.7 Å². The van der Waals surface area contributed by atoms with E-state index in [4.69, 9.17) is 4.74 Å². The highest BCUT2D eigenvalue weighted by Gasteiger charge is 2.22. The zero-order valence-corrected chi connectivity index (χ0v) is 12.8. The van der Waals surface area contributed by atoms with E-state index in [1.54, 1.807) is 19.2 Å². The standard InChI is InChI=1S/C16H24N2O3/c1-3-5-14-8-13(16(19)20)9-15(17-14)18-7-4-6-12(10-18)11-21-2/h8-9,12H,3-7,10-11H2,1-2H3,(H,19,20). The molecular formula is C16H24N2O3. The number of hydrogen-bond donors (Lipinski definition) is 1. The summed E-state index contributed by atoms with van der Waals surface area (Å²) >= 11 is 0. The average molecular weight is 292 g/mol. The lowest BCUT2D eigenvalue weighted by atomic mass is 9.99. The predicted molar refractivity (Wildman–Crippen MR) is 82.0 cm³/mol. The van der Waals surface area contributed by atoms with Crippen LogP contribution in [0.3, 0.4) is 0 Å². The van der Waals surface area contributed by atoms with Crippen LogP contribution in [0.5, 0.6) is 0 Å². The summed E-state index contributed by atoms with van der Waals surface area (Å²) < 4.78 is 5.25. The van der Waals surface area contributed by atoms with Gasteiger partial charge in [-0.1, -0.05) is 13.3 Å². The summed E-state index contributed by atoms with van der Waals surface area (Å²) in [5.41, 5.74) is 1.19. The van der Waals surface area contributed by atoms with Crippen LogP contribution < -0.4 is 4.90 Å². The lowest BCUT2D eigenvalue weighted by Crippen LogP contribution is -2.37. The highest BCUT2D eigenvalue weighted by Crippen LogP contribution is 2.23. The Hall–Kier alpha value is -1.62. The fraction of sp³-hybridized carbons (Fsp3) is 0.625. The molecule has 1 aliphatic heterocycles. The number of anilines is 1. The van der Waals surface area contributed by atoms with Crippen LogP contribution in [0.15, 0.2) is 12.1 Å². The van der Waals surface area contributed by atoms with E-state index in [1.807, 2.05) is 0 Å². The predicted octanol–water partition coefficient (Wildman–Crippen LogP) is 2.60. The molecule has 2 heterocycles. The molecule has 1 N–H and O–H groups in total. The summed E-state index contributed by atoms with van der Waals surface area (Å²) in [6.07, 6.45) is 4.02. The zero-order chi connectivity index (χ0) is 15.2. The number of aromatic carboxylic acids is 1. The Morgan fingerprint density at radius 1 is 1.52 bits per heavy atom. The Labute approximate surface area is 125 Å². The molecule has 1 saturated heterocycles. The normalized spacial score (nSPS) is 18.8. The van der Waals surface area contributed by atoms with Crippen molar-refractivity contribution in [3.05, 3.63) is 23.4 Å². The first kappa shape index (κ1) is 15.8. The van der Waals surface area contributed by atoms with Gasteiger partial charge in [-0.2, -0.15) is 0 Å². The molecule has 5 heteroatoms. The summed E-state index contributed by atoms with van der Waals surface area (Å²) in [5.74, 6) is 0.397. The number of hydrogen-bond acceptors (Lipinski definition) is 4. The Morgan fingerprint density at radius 2 is 2.33 bits per heavy atom. The molecule has 2 rings (SSSR count). The molecule has 0 bridgehead atoms. The van der Waals surface area contributed by atoms with Crippen molar-refractivity contribution < 1.29 is 14.6 Å². The number of aromatic nitrogens is 1. The van der Waals surface area contributed by atoms with Crippen molar-refractivity contribution in [3.63, 3.8) is 0 Å². The van der Waals surface area contributed by atoms with Crippen LogP contribution in [0.4, 0.5) is 5.82 Å². The van der Waals surface area contributed by atoms with Gasteiger partial charge < -0.3 is 14.7 Å². The molecule has 1 unspecified atom stereocenters. The van der Waals surface area contributed by atoms with E-state index >= 15 is 0 Å². The molecule has 1 aromatic heterocycles. The van der Waals surface area contributed by atoms with Crippen molar-refractivity contribution in [2.24, 2.45) is 5.92 Å². The summed E-state index contributed by atoms with van der Waals surface area (Å²) in [5, 5.41) is 9.27. The quantitative estimate of drug-likeness (QED) is 0.873. The molecule has 5 nitrogen and oxygen atoms in total. The van der Waals surface area contributed by atoms with Gasteiger partial charge in [0.15, 0.2) is 0 Å². The second kappa shape index (κ2) is 7.41. The van der Waals surface area contributed by atoms with Crippen LogP contribution in [-0.2, 0) is 11.2 Å². The van der Waals surface area contributed by atoms with Crippen molar-refractivity contribution in [3.8, 4) is 0 Å². The minimum Gasteiger partial charge on any atom is -0.478 e. The van der Waals surface area contributed by atoms with E-state index in [9.17, 15) is 9.90 Å². The van der Waals surface area contributed by atoms with Gasteiger partial charge >= 0.3 is 5.97 Å². The zero-order valence-electron chi connectivity index (χ0n) is 12.8. The number of carbonyl (C=O) groups is 1. The maximum Gasteiger partial charge on any atom is 0.335 e. The number of nitrogens with zero attached hydrogens (tertiary/aromatic N) is 2. The summed E-state index contributed by atoms with van der Waals surface area (Å²) in [6, 6.07) is 3.38. The van der Waals surface area contributed by atoms with Crippen molar-refractivity contribution >= 4 is 11.8 Å². The maximum absolute atomic E-state index is 11.3. The van der Waals surface area contributed by atoms with E-state index in [1.165, 1.54) is 0 Å². The van der Waals surface area contributed by atoms with Gasteiger partial charge in [-0.15, -0.1) is 0 Å². The van der Waals surface area contributed by atoms with Crippen LogP contribution in [-0.4, -0.2) is 42.9 Å². The summed E-state index contributed by atoms with van der Waals surface area (Å²) in [7, 11) is 1.72. The lowest BCUT2D eigenvalue weighted by molar-refractivity contribution is 0.0696. The lowest BCUT2D eigenvalue weighted by Gasteiger charge is -2.33. The Balaban J connectivity index is 2.22. The van der Waals surface area contributed by atoms with E-state index in [0.29, 0.717) is 11.5 Å². The number of carboxylic acid groups (broad SMARTS) is 1. The van der Waals surface area contributed by atoms with Gasteiger partial charge in [-0.25, -0.2) is 9.78 Å². The average Bonchev–Trinajstić information content (AvgIpc) is 2.48. The second-order valence-electron chi connectivity index (χ2n) is 5.67. The first-order chi connectivity index (χ1) is 10.1. The molecule has 1 fully saturated rings. The number of aryl methyl sites for hydroxylation is 1. The fourth-order valence-electron chi connectivity index (χ4n) is 2.89. The van der Waals surface area contributed by atoms with Crippen molar-refractivity contribution in [2.45, 2.75) is 32.6 Å². The van der Waals surface area contributed by atoms with Crippen LogP contribution in [0.25, 0.3) is 0 Å². The van der Waals surface area contributed by atoms with Crippen molar-refractivity contribution in [2.75, 3.05) is 31.7 Å². The fourth-order valence-corrected chi connectivity index (χ4v) is 2.89. The van der Waals surface area contributed by atoms with Gasteiger partial charge in [-0.3, -0.25) is 0 Å². The first-order valence-electron chi connectivity index (χ1n) is 7.62. The van der Waals surface area contributed by atoms with Crippen molar-refractivity contribution in [1.82, 2.24) is 4.98 Å². The third-order valence-electron chi connectivity index (χ3n) is 3.86. The first-order valence-corrected chi connectivity index (χ1v) is 7.62. The molecule has 1 aliphatic rings. The van der Waals surface area contributed by atoms with Gasteiger partial charge in [0, 0.05) is 25.9 Å². The molecular weight excluding hydrogens is 268 g/mol. The second-order valence-corrected chi connectivity index (χ2v) is 5.67. The van der Waals surface area contributed by atoms with Crippen LogP contribution in [0.1, 0.15) is 42.2 Å². The minimum atomic E-state index is -0.888. The molecule has 21 heavy (non-hydrogen) atoms. The van der Waals surface area contributed by atoms with Crippen LogP contribution in [0, 0.1) is 5.92 Å².